The summed E-state index contributed by atoms with van der Waals surface area (Å²) in [4.78, 5) is 24.0. The zero-order valence-electron chi connectivity index (χ0n) is 15.4. The van der Waals surface area contributed by atoms with Crippen LogP contribution in [0.3, 0.4) is 0 Å². The lowest BCUT2D eigenvalue weighted by atomic mass is 9.92. The molecular weight excluding hydrogens is 378 g/mol. The highest BCUT2D eigenvalue weighted by atomic mass is 35.5. The van der Waals surface area contributed by atoms with Crippen LogP contribution in [0.15, 0.2) is 48.5 Å². The maximum absolute atomic E-state index is 12.5. The van der Waals surface area contributed by atoms with Gasteiger partial charge in [0, 0.05) is 11.6 Å². The van der Waals surface area contributed by atoms with Crippen LogP contribution in [0.1, 0.15) is 29.6 Å². The highest BCUT2D eigenvalue weighted by molar-refractivity contribution is 5.96. The number of ether oxygens (including phenoxy) is 1. The van der Waals surface area contributed by atoms with E-state index in [1.807, 2.05) is 0 Å². The van der Waals surface area contributed by atoms with Crippen molar-refractivity contribution in [1.82, 2.24) is 5.32 Å². The number of hydrogen-bond acceptors (Lipinski definition) is 4. The third kappa shape index (κ3) is 4.13. The number of hydrogen-bond donors (Lipinski definition) is 3. The van der Waals surface area contributed by atoms with Crippen molar-refractivity contribution in [2.45, 2.75) is 19.3 Å². The summed E-state index contributed by atoms with van der Waals surface area (Å²) in [6.07, 6.45) is 3.15. The first-order valence-electron chi connectivity index (χ1n) is 9.26. The fourth-order valence-corrected chi connectivity index (χ4v) is 3.92. The Hall–Kier alpha value is -2.57. The van der Waals surface area contributed by atoms with E-state index in [9.17, 15) is 9.59 Å². The quantitative estimate of drug-likeness (QED) is 0.716. The maximum atomic E-state index is 12.5. The standard InChI is InChI=1S/C21H23N3O3.ClH/c22-19(25)16-3-1-2-4-18(16)27-15-7-5-14(6-8-15)24-20(26)17-13-21(17)9-11-23-12-10-21;/h1-8,17,23H,9-13H2,(H2,22,25)(H,24,26);1H. The molecule has 0 bridgehead atoms. The molecular formula is C21H24ClN3O3. The molecule has 1 spiro atoms. The maximum Gasteiger partial charge on any atom is 0.252 e. The molecule has 2 fully saturated rings. The second-order valence-electron chi connectivity index (χ2n) is 7.35. The van der Waals surface area contributed by atoms with Gasteiger partial charge in [-0.25, -0.2) is 0 Å². The summed E-state index contributed by atoms with van der Waals surface area (Å²) >= 11 is 0. The SMILES string of the molecule is Cl.NC(=O)c1ccccc1Oc1ccc(NC(=O)C2CC23CCNCC3)cc1. The third-order valence-electron chi connectivity index (χ3n) is 5.61. The van der Waals surface area contributed by atoms with Gasteiger partial charge in [-0.15, -0.1) is 12.4 Å². The molecule has 2 aromatic carbocycles. The lowest BCUT2D eigenvalue weighted by Gasteiger charge is -2.23. The van der Waals surface area contributed by atoms with Crippen molar-refractivity contribution in [2.75, 3.05) is 18.4 Å². The summed E-state index contributed by atoms with van der Waals surface area (Å²) in [6, 6.07) is 14.0. The van der Waals surface area contributed by atoms with E-state index in [0.29, 0.717) is 17.1 Å². The molecule has 1 saturated heterocycles. The predicted molar refractivity (Wildman–Crippen MR) is 110 cm³/mol. The molecule has 1 aliphatic carbocycles. The number of carbonyl (C=O) groups is 2. The summed E-state index contributed by atoms with van der Waals surface area (Å²) < 4.78 is 5.76. The first-order chi connectivity index (χ1) is 13.1. The fourth-order valence-electron chi connectivity index (χ4n) is 3.92. The molecule has 4 rings (SSSR count). The normalized spacial score (nSPS) is 19.4. The van der Waals surface area contributed by atoms with Crippen LogP contribution in [0, 0.1) is 11.3 Å². The number of para-hydroxylation sites is 1. The van der Waals surface area contributed by atoms with Crippen LogP contribution in [0.2, 0.25) is 0 Å². The van der Waals surface area contributed by atoms with Crippen molar-refractivity contribution in [1.29, 1.82) is 0 Å². The second kappa shape index (κ2) is 8.20. The van der Waals surface area contributed by atoms with Crippen LogP contribution in [-0.2, 0) is 4.79 Å². The highest BCUT2D eigenvalue weighted by Gasteiger charge is 2.57. The van der Waals surface area contributed by atoms with E-state index in [2.05, 4.69) is 10.6 Å². The zero-order chi connectivity index (χ0) is 18.9. The molecule has 6 nitrogen and oxygen atoms in total. The van der Waals surface area contributed by atoms with Gasteiger partial charge >= 0.3 is 0 Å². The van der Waals surface area contributed by atoms with E-state index in [-0.39, 0.29) is 29.6 Å². The lowest BCUT2D eigenvalue weighted by molar-refractivity contribution is -0.118. The van der Waals surface area contributed by atoms with Gasteiger partial charge in [0.15, 0.2) is 0 Å². The summed E-state index contributed by atoms with van der Waals surface area (Å²) in [6.45, 7) is 2.01. The number of halogens is 1. The van der Waals surface area contributed by atoms with E-state index in [1.54, 1.807) is 48.5 Å². The second-order valence-corrected chi connectivity index (χ2v) is 7.35. The van der Waals surface area contributed by atoms with Crippen molar-refractivity contribution >= 4 is 29.9 Å². The van der Waals surface area contributed by atoms with Crippen molar-refractivity contribution in [3.63, 3.8) is 0 Å². The number of piperidine rings is 1. The van der Waals surface area contributed by atoms with Gasteiger partial charge in [0.25, 0.3) is 5.91 Å². The molecule has 4 N–H and O–H groups in total. The van der Waals surface area contributed by atoms with Gasteiger partial charge in [-0.05, 0) is 74.2 Å². The average Bonchev–Trinajstić information content (AvgIpc) is 3.37. The predicted octanol–water partition coefficient (Wildman–Crippen LogP) is 3.33. The van der Waals surface area contributed by atoms with Gasteiger partial charge in [0.05, 0.1) is 5.56 Å². The first-order valence-corrected chi connectivity index (χ1v) is 9.26. The molecule has 1 saturated carbocycles. The first kappa shape index (κ1) is 20.2. The number of nitrogens with two attached hydrogens (primary N) is 1. The number of amides is 2. The lowest BCUT2D eigenvalue weighted by Crippen LogP contribution is -2.31. The van der Waals surface area contributed by atoms with E-state index in [1.165, 1.54) is 0 Å². The summed E-state index contributed by atoms with van der Waals surface area (Å²) in [5.41, 5.74) is 6.66. The van der Waals surface area contributed by atoms with Gasteiger partial charge < -0.3 is 21.1 Å². The Morgan fingerprint density at radius 3 is 2.43 bits per heavy atom. The van der Waals surface area contributed by atoms with Crippen LogP contribution in [0.25, 0.3) is 0 Å². The van der Waals surface area contributed by atoms with Gasteiger partial charge in [-0.2, -0.15) is 0 Å². The molecule has 0 aromatic heterocycles. The van der Waals surface area contributed by atoms with E-state index < -0.39 is 5.91 Å². The van der Waals surface area contributed by atoms with Gasteiger partial charge in [-0.3, -0.25) is 9.59 Å². The molecule has 2 aliphatic rings. The van der Waals surface area contributed by atoms with Gasteiger partial charge in [0.2, 0.25) is 5.91 Å². The molecule has 1 unspecified atom stereocenters. The Balaban J connectivity index is 0.00000225. The van der Waals surface area contributed by atoms with Crippen molar-refractivity contribution < 1.29 is 14.3 Å². The van der Waals surface area contributed by atoms with Gasteiger partial charge in [0.1, 0.15) is 11.5 Å². The van der Waals surface area contributed by atoms with Crippen LogP contribution >= 0.6 is 12.4 Å². The number of nitrogens with one attached hydrogen (secondary N) is 2. The Kier molecular flexibility index (Phi) is 5.91. The van der Waals surface area contributed by atoms with Crippen molar-refractivity contribution in [3.8, 4) is 11.5 Å². The molecule has 1 aliphatic heterocycles. The molecule has 0 radical (unpaired) electrons. The third-order valence-corrected chi connectivity index (χ3v) is 5.61. The minimum atomic E-state index is -0.536. The van der Waals surface area contributed by atoms with Crippen LogP contribution in [0.5, 0.6) is 11.5 Å². The number of primary amides is 1. The summed E-state index contributed by atoms with van der Waals surface area (Å²) in [7, 11) is 0. The minimum absolute atomic E-state index is 0. The van der Waals surface area contributed by atoms with E-state index in [0.717, 1.165) is 38.0 Å². The molecule has 148 valence electrons. The topological polar surface area (TPSA) is 93.5 Å². The Morgan fingerprint density at radius 2 is 1.75 bits per heavy atom. The summed E-state index contributed by atoms with van der Waals surface area (Å²) in [5.74, 6) is 0.670. The smallest absolute Gasteiger partial charge is 0.252 e. The molecule has 2 aromatic rings. The number of carbonyl (C=O) groups excluding carboxylic acids is 2. The average molecular weight is 402 g/mol. The highest BCUT2D eigenvalue weighted by Crippen LogP contribution is 2.58. The van der Waals surface area contributed by atoms with Crippen LogP contribution < -0.4 is 21.1 Å². The Bertz CT molecular complexity index is 863. The molecule has 1 heterocycles. The van der Waals surface area contributed by atoms with Crippen LogP contribution in [-0.4, -0.2) is 24.9 Å². The van der Waals surface area contributed by atoms with Crippen LogP contribution in [0.4, 0.5) is 5.69 Å². The number of anilines is 1. The monoisotopic (exact) mass is 401 g/mol. The van der Waals surface area contributed by atoms with Crippen molar-refractivity contribution in [2.24, 2.45) is 17.1 Å². The van der Waals surface area contributed by atoms with E-state index in [4.69, 9.17) is 10.5 Å². The molecule has 7 heteroatoms. The molecule has 2 amide bonds. The zero-order valence-corrected chi connectivity index (χ0v) is 16.3. The number of benzene rings is 2. The van der Waals surface area contributed by atoms with E-state index >= 15 is 0 Å². The number of rotatable bonds is 5. The van der Waals surface area contributed by atoms with Gasteiger partial charge in [-0.1, -0.05) is 12.1 Å². The van der Waals surface area contributed by atoms with Crippen molar-refractivity contribution in [3.05, 3.63) is 54.1 Å². The Labute approximate surface area is 170 Å². The summed E-state index contributed by atoms with van der Waals surface area (Å²) in [5, 5.41) is 6.36. The largest absolute Gasteiger partial charge is 0.457 e. The molecule has 1 atom stereocenters. The molecule has 28 heavy (non-hydrogen) atoms. The fraction of sp³-hybridized carbons (Fsp3) is 0.333. The minimum Gasteiger partial charge on any atom is -0.457 e. The Morgan fingerprint density at radius 1 is 1.07 bits per heavy atom.